The van der Waals surface area contributed by atoms with Crippen LogP contribution in [0.25, 0.3) is 0 Å². The molecule has 1 nitrogen and oxygen atoms in total. The number of hydrogen-bond donors (Lipinski definition) is 0. The molecule has 0 amide bonds. The molecule has 12 heavy (non-hydrogen) atoms. The maximum absolute atomic E-state index is 4.44. The number of nitrogens with zero attached hydrogens (tertiary/aromatic N) is 1. The molecule has 0 aliphatic carbocycles. The number of aromatic nitrogens is 1. The predicted molar refractivity (Wildman–Crippen MR) is 54.9 cm³/mol. The van der Waals surface area contributed by atoms with E-state index in [1.807, 2.05) is 0 Å². The second-order valence-corrected chi connectivity index (χ2v) is 4.96. The molecule has 1 aromatic rings. The highest BCUT2D eigenvalue weighted by Gasteiger charge is 2.20. The fraction of sp³-hybridized carbons (Fsp3) is 0.700. The van der Waals surface area contributed by atoms with Crippen molar-refractivity contribution in [3.05, 3.63) is 16.1 Å². The topological polar surface area (TPSA) is 12.9 Å². The van der Waals surface area contributed by atoms with Crippen molar-refractivity contribution in [1.29, 1.82) is 0 Å². The maximum Gasteiger partial charge on any atom is 0.0571 e. The van der Waals surface area contributed by atoms with Gasteiger partial charge in [0.25, 0.3) is 0 Å². The molecule has 0 bridgehead atoms. The van der Waals surface area contributed by atoms with Gasteiger partial charge in [-0.3, -0.25) is 0 Å². The van der Waals surface area contributed by atoms with E-state index in [2.05, 4.69) is 39.0 Å². The summed E-state index contributed by atoms with van der Waals surface area (Å²) in [5, 5.41) is 0. The van der Waals surface area contributed by atoms with Crippen molar-refractivity contribution in [3.8, 4) is 0 Å². The SMILES string of the molecule is CCc1nsc(C(C)(C)C)c1C. The minimum absolute atomic E-state index is 0.259. The Morgan fingerprint density at radius 3 is 2.17 bits per heavy atom. The highest BCUT2D eigenvalue weighted by Crippen LogP contribution is 2.30. The molecule has 1 rings (SSSR count). The van der Waals surface area contributed by atoms with Crippen LogP contribution >= 0.6 is 11.5 Å². The fourth-order valence-electron chi connectivity index (χ4n) is 1.40. The molecule has 0 aromatic carbocycles. The molecule has 0 saturated heterocycles. The van der Waals surface area contributed by atoms with Crippen molar-refractivity contribution in [2.45, 2.75) is 46.5 Å². The van der Waals surface area contributed by atoms with Crippen LogP contribution in [0.1, 0.15) is 43.8 Å². The highest BCUT2D eigenvalue weighted by molar-refractivity contribution is 7.06. The second-order valence-electron chi connectivity index (χ2n) is 4.19. The summed E-state index contributed by atoms with van der Waals surface area (Å²) in [5.41, 5.74) is 2.93. The summed E-state index contributed by atoms with van der Waals surface area (Å²) >= 11 is 1.66. The van der Waals surface area contributed by atoms with E-state index in [1.54, 1.807) is 11.5 Å². The minimum Gasteiger partial charge on any atom is -0.197 e. The first-order chi connectivity index (χ1) is 5.46. The van der Waals surface area contributed by atoms with E-state index in [4.69, 9.17) is 0 Å². The van der Waals surface area contributed by atoms with Gasteiger partial charge in [0.15, 0.2) is 0 Å². The molecule has 0 saturated carbocycles. The molecule has 0 atom stereocenters. The Kier molecular flexibility index (Phi) is 2.57. The monoisotopic (exact) mass is 183 g/mol. The summed E-state index contributed by atoms with van der Waals surface area (Å²) in [7, 11) is 0. The van der Waals surface area contributed by atoms with Gasteiger partial charge in [-0.15, -0.1) is 0 Å². The predicted octanol–water partition coefficient (Wildman–Crippen LogP) is 3.31. The van der Waals surface area contributed by atoms with Gasteiger partial charge >= 0.3 is 0 Å². The molecule has 0 unspecified atom stereocenters. The Balaban J connectivity index is 3.11. The number of aryl methyl sites for hydroxylation is 1. The van der Waals surface area contributed by atoms with Gasteiger partial charge in [-0.05, 0) is 35.9 Å². The molecule has 0 spiro atoms. The van der Waals surface area contributed by atoms with Crippen molar-refractivity contribution >= 4 is 11.5 Å². The first-order valence-electron chi connectivity index (χ1n) is 4.42. The van der Waals surface area contributed by atoms with E-state index in [1.165, 1.54) is 16.1 Å². The summed E-state index contributed by atoms with van der Waals surface area (Å²) in [6, 6.07) is 0. The Hall–Kier alpha value is -0.370. The molecule has 1 heterocycles. The summed E-state index contributed by atoms with van der Waals surface area (Å²) in [6.45, 7) is 11.1. The Morgan fingerprint density at radius 1 is 1.33 bits per heavy atom. The zero-order chi connectivity index (χ0) is 9.35. The van der Waals surface area contributed by atoms with Crippen LogP contribution < -0.4 is 0 Å². The van der Waals surface area contributed by atoms with Crippen LogP contribution in [-0.4, -0.2) is 4.37 Å². The van der Waals surface area contributed by atoms with Crippen LogP contribution in [0.2, 0.25) is 0 Å². The first kappa shape index (κ1) is 9.72. The van der Waals surface area contributed by atoms with Gasteiger partial charge in [-0.2, -0.15) is 4.37 Å². The van der Waals surface area contributed by atoms with Crippen LogP contribution in [0.5, 0.6) is 0 Å². The van der Waals surface area contributed by atoms with Gasteiger partial charge in [0.1, 0.15) is 0 Å². The molecule has 68 valence electrons. The quantitative estimate of drug-likeness (QED) is 0.651. The van der Waals surface area contributed by atoms with E-state index in [0.717, 1.165) is 6.42 Å². The summed E-state index contributed by atoms with van der Waals surface area (Å²) in [5.74, 6) is 0. The van der Waals surface area contributed by atoms with Crippen molar-refractivity contribution in [2.75, 3.05) is 0 Å². The molecule has 0 radical (unpaired) electrons. The third-order valence-electron chi connectivity index (χ3n) is 2.04. The van der Waals surface area contributed by atoms with Gasteiger partial charge in [0, 0.05) is 4.88 Å². The van der Waals surface area contributed by atoms with Gasteiger partial charge in [0.2, 0.25) is 0 Å². The largest absolute Gasteiger partial charge is 0.197 e. The summed E-state index contributed by atoms with van der Waals surface area (Å²) in [4.78, 5) is 1.43. The number of hydrogen-bond acceptors (Lipinski definition) is 2. The average molecular weight is 183 g/mol. The van der Waals surface area contributed by atoms with E-state index < -0.39 is 0 Å². The smallest absolute Gasteiger partial charge is 0.0571 e. The van der Waals surface area contributed by atoms with E-state index >= 15 is 0 Å². The van der Waals surface area contributed by atoms with Crippen LogP contribution in [0.3, 0.4) is 0 Å². The summed E-state index contributed by atoms with van der Waals surface area (Å²) in [6.07, 6.45) is 1.05. The van der Waals surface area contributed by atoms with Crippen LogP contribution in [0, 0.1) is 6.92 Å². The van der Waals surface area contributed by atoms with Crippen LogP contribution in [0.4, 0.5) is 0 Å². The van der Waals surface area contributed by atoms with Gasteiger partial charge in [0.05, 0.1) is 5.69 Å². The fourth-order valence-corrected chi connectivity index (χ4v) is 2.39. The lowest BCUT2D eigenvalue weighted by molar-refractivity contribution is 0.599. The first-order valence-corrected chi connectivity index (χ1v) is 5.19. The van der Waals surface area contributed by atoms with Crippen molar-refractivity contribution in [2.24, 2.45) is 0 Å². The Bertz CT molecular complexity index is 268. The third kappa shape index (κ3) is 1.69. The second kappa shape index (κ2) is 3.17. The molecule has 1 aromatic heterocycles. The third-order valence-corrected chi connectivity index (χ3v) is 3.45. The van der Waals surface area contributed by atoms with Gasteiger partial charge in [-0.1, -0.05) is 27.7 Å². The van der Waals surface area contributed by atoms with Crippen LogP contribution in [0.15, 0.2) is 0 Å². The van der Waals surface area contributed by atoms with Gasteiger partial charge < -0.3 is 0 Å². The maximum atomic E-state index is 4.44. The Morgan fingerprint density at radius 2 is 1.92 bits per heavy atom. The normalized spacial score (nSPS) is 12.1. The lowest BCUT2D eigenvalue weighted by Gasteiger charge is -2.16. The minimum atomic E-state index is 0.259. The molecule has 0 fully saturated rings. The van der Waals surface area contributed by atoms with E-state index in [-0.39, 0.29) is 5.41 Å². The van der Waals surface area contributed by atoms with Gasteiger partial charge in [-0.25, -0.2) is 0 Å². The average Bonchev–Trinajstić information content (AvgIpc) is 2.29. The molecule has 0 aliphatic rings. The molecular weight excluding hydrogens is 166 g/mol. The summed E-state index contributed by atoms with van der Waals surface area (Å²) < 4.78 is 4.44. The molecule has 2 heteroatoms. The molecular formula is C10H17NS. The van der Waals surface area contributed by atoms with Crippen molar-refractivity contribution < 1.29 is 0 Å². The zero-order valence-electron chi connectivity index (χ0n) is 8.56. The van der Waals surface area contributed by atoms with Crippen LogP contribution in [-0.2, 0) is 11.8 Å². The van der Waals surface area contributed by atoms with Crippen molar-refractivity contribution in [3.63, 3.8) is 0 Å². The Labute approximate surface area is 79.0 Å². The highest BCUT2D eigenvalue weighted by atomic mass is 32.1. The lowest BCUT2D eigenvalue weighted by atomic mass is 9.91. The van der Waals surface area contributed by atoms with E-state index in [0.29, 0.717) is 0 Å². The number of rotatable bonds is 1. The molecule has 0 N–H and O–H groups in total. The zero-order valence-corrected chi connectivity index (χ0v) is 9.38. The van der Waals surface area contributed by atoms with E-state index in [9.17, 15) is 0 Å². The lowest BCUT2D eigenvalue weighted by Crippen LogP contribution is -2.10. The molecule has 0 aliphatic heterocycles. The van der Waals surface area contributed by atoms with Crippen molar-refractivity contribution in [1.82, 2.24) is 4.37 Å². The standard InChI is InChI=1S/C10H17NS/c1-6-8-7(2)9(12-11-8)10(3,4)5/h6H2,1-5H3.